The first-order chi connectivity index (χ1) is 8.67. The molecular formula is C16H28N2. The summed E-state index contributed by atoms with van der Waals surface area (Å²) in [6, 6.07) is 8.81. The predicted molar refractivity (Wildman–Crippen MR) is 80.9 cm³/mol. The molecule has 0 amide bonds. The van der Waals surface area contributed by atoms with Gasteiger partial charge in [0.25, 0.3) is 0 Å². The highest BCUT2D eigenvalue weighted by molar-refractivity contribution is 5.44. The topological polar surface area (TPSA) is 38.0 Å². The van der Waals surface area contributed by atoms with Crippen LogP contribution < -0.4 is 11.1 Å². The first kappa shape index (κ1) is 15.0. The van der Waals surface area contributed by atoms with E-state index in [2.05, 4.69) is 50.4 Å². The fourth-order valence-corrected chi connectivity index (χ4v) is 2.01. The molecule has 0 aliphatic rings. The molecule has 0 aliphatic heterocycles. The number of nitrogens with two attached hydrogens (primary N) is 1. The molecule has 0 saturated heterocycles. The number of nitrogens with one attached hydrogen (secondary N) is 1. The molecule has 3 N–H and O–H groups in total. The van der Waals surface area contributed by atoms with E-state index in [9.17, 15) is 0 Å². The molecule has 1 unspecified atom stereocenters. The van der Waals surface area contributed by atoms with Gasteiger partial charge < -0.3 is 11.1 Å². The number of aryl methyl sites for hydroxylation is 1. The fourth-order valence-electron chi connectivity index (χ4n) is 2.01. The fraction of sp³-hybridized carbons (Fsp3) is 0.625. The van der Waals surface area contributed by atoms with Crippen molar-refractivity contribution in [3.63, 3.8) is 0 Å². The molecule has 1 rings (SSSR count). The molecule has 102 valence electrons. The van der Waals surface area contributed by atoms with Crippen molar-refractivity contribution in [2.45, 2.75) is 40.0 Å². The lowest BCUT2D eigenvalue weighted by molar-refractivity contribution is 0.413. The number of unbranched alkanes of at least 4 members (excludes halogenated alkanes) is 1. The van der Waals surface area contributed by atoms with Gasteiger partial charge in [-0.15, -0.1) is 0 Å². The summed E-state index contributed by atoms with van der Waals surface area (Å²) in [6.45, 7) is 8.40. The molecule has 1 aromatic rings. The maximum atomic E-state index is 5.78. The summed E-state index contributed by atoms with van der Waals surface area (Å²) in [7, 11) is 0. The third kappa shape index (κ3) is 5.09. The van der Waals surface area contributed by atoms with E-state index in [1.807, 2.05) is 0 Å². The molecule has 1 aromatic carbocycles. The molecule has 0 bridgehead atoms. The van der Waals surface area contributed by atoms with Crippen LogP contribution in [-0.4, -0.2) is 13.1 Å². The quantitative estimate of drug-likeness (QED) is 0.736. The van der Waals surface area contributed by atoms with Crippen LogP contribution in [0.5, 0.6) is 0 Å². The van der Waals surface area contributed by atoms with Crippen LogP contribution in [-0.2, 0) is 6.42 Å². The van der Waals surface area contributed by atoms with Gasteiger partial charge in [0, 0.05) is 12.2 Å². The Balaban J connectivity index is 2.43. The van der Waals surface area contributed by atoms with Crippen LogP contribution in [0.4, 0.5) is 5.69 Å². The minimum atomic E-state index is 0.546. The van der Waals surface area contributed by atoms with Crippen LogP contribution in [0.2, 0.25) is 0 Å². The molecule has 0 radical (unpaired) electrons. The number of benzene rings is 1. The lowest BCUT2D eigenvalue weighted by Crippen LogP contribution is -2.27. The number of anilines is 1. The van der Waals surface area contributed by atoms with Gasteiger partial charge in [-0.05, 0) is 48.9 Å². The van der Waals surface area contributed by atoms with Gasteiger partial charge in [0.1, 0.15) is 0 Å². The second kappa shape index (κ2) is 8.15. The summed E-state index contributed by atoms with van der Waals surface area (Å²) in [5.41, 5.74) is 8.41. The molecule has 0 spiro atoms. The molecule has 18 heavy (non-hydrogen) atoms. The van der Waals surface area contributed by atoms with Crippen molar-refractivity contribution < 1.29 is 0 Å². The predicted octanol–water partition coefficient (Wildman–Crippen LogP) is 3.67. The average Bonchev–Trinajstić information content (AvgIpc) is 2.38. The van der Waals surface area contributed by atoms with Gasteiger partial charge in [0.05, 0.1) is 0 Å². The Kier molecular flexibility index (Phi) is 6.81. The first-order valence-electron chi connectivity index (χ1n) is 7.20. The zero-order chi connectivity index (χ0) is 13.4. The molecular weight excluding hydrogens is 220 g/mol. The number of hydrogen-bond donors (Lipinski definition) is 2. The van der Waals surface area contributed by atoms with Crippen LogP contribution in [0.25, 0.3) is 0 Å². The minimum Gasteiger partial charge on any atom is -0.385 e. The monoisotopic (exact) mass is 248 g/mol. The van der Waals surface area contributed by atoms with Gasteiger partial charge in [-0.1, -0.05) is 39.3 Å². The summed E-state index contributed by atoms with van der Waals surface area (Å²) in [4.78, 5) is 0. The minimum absolute atomic E-state index is 0.546. The van der Waals surface area contributed by atoms with Crippen molar-refractivity contribution in [1.82, 2.24) is 0 Å². The van der Waals surface area contributed by atoms with Gasteiger partial charge >= 0.3 is 0 Å². The normalized spacial score (nSPS) is 12.7. The lowest BCUT2D eigenvalue weighted by Gasteiger charge is -2.20. The van der Waals surface area contributed by atoms with Crippen LogP contribution in [0, 0.1) is 11.8 Å². The maximum absolute atomic E-state index is 5.78. The SMILES string of the molecule is CCCCc1ccc(NCC(CN)C(C)C)cc1. The summed E-state index contributed by atoms with van der Waals surface area (Å²) >= 11 is 0. The first-order valence-corrected chi connectivity index (χ1v) is 7.20. The standard InChI is InChI=1S/C16H28N2/c1-4-5-6-14-7-9-16(10-8-14)18-12-15(11-17)13(2)3/h7-10,13,15,18H,4-6,11-12,17H2,1-3H3. The molecule has 2 nitrogen and oxygen atoms in total. The van der Waals surface area contributed by atoms with Crippen molar-refractivity contribution >= 4 is 5.69 Å². The van der Waals surface area contributed by atoms with E-state index in [4.69, 9.17) is 5.73 Å². The highest BCUT2D eigenvalue weighted by Crippen LogP contribution is 2.14. The maximum Gasteiger partial charge on any atom is 0.0340 e. The van der Waals surface area contributed by atoms with E-state index in [1.165, 1.54) is 30.5 Å². The van der Waals surface area contributed by atoms with Crippen molar-refractivity contribution in [3.05, 3.63) is 29.8 Å². The van der Waals surface area contributed by atoms with Crippen LogP contribution >= 0.6 is 0 Å². The Labute approximate surface area is 112 Å². The van der Waals surface area contributed by atoms with E-state index in [0.717, 1.165) is 13.1 Å². The van der Waals surface area contributed by atoms with Gasteiger partial charge in [-0.3, -0.25) is 0 Å². The van der Waals surface area contributed by atoms with Crippen molar-refractivity contribution in [1.29, 1.82) is 0 Å². The summed E-state index contributed by atoms with van der Waals surface area (Å²) in [6.07, 6.45) is 3.72. The van der Waals surface area contributed by atoms with Crippen molar-refractivity contribution in [3.8, 4) is 0 Å². The van der Waals surface area contributed by atoms with E-state index in [-0.39, 0.29) is 0 Å². The number of rotatable bonds is 8. The van der Waals surface area contributed by atoms with Gasteiger partial charge in [-0.25, -0.2) is 0 Å². The Bertz CT molecular complexity index is 316. The smallest absolute Gasteiger partial charge is 0.0340 e. The second-order valence-corrected chi connectivity index (χ2v) is 5.42. The van der Waals surface area contributed by atoms with Crippen LogP contribution in [0.1, 0.15) is 39.2 Å². The Morgan fingerprint density at radius 2 is 1.83 bits per heavy atom. The van der Waals surface area contributed by atoms with Crippen LogP contribution in [0.15, 0.2) is 24.3 Å². The third-order valence-corrected chi connectivity index (χ3v) is 3.59. The van der Waals surface area contributed by atoms with Crippen molar-refractivity contribution in [2.24, 2.45) is 17.6 Å². The Morgan fingerprint density at radius 1 is 1.17 bits per heavy atom. The summed E-state index contributed by atoms with van der Waals surface area (Å²) < 4.78 is 0. The van der Waals surface area contributed by atoms with Gasteiger partial charge in [-0.2, -0.15) is 0 Å². The molecule has 0 aliphatic carbocycles. The van der Waals surface area contributed by atoms with E-state index in [1.54, 1.807) is 0 Å². The van der Waals surface area contributed by atoms with Gasteiger partial charge in [0.15, 0.2) is 0 Å². The van der Waals surface area contributed by atoms with E-state index < -0.39 is 0 Å². The Morgan fingerprint density at radius 3 is 2.33 bits per heavy atom. The Hall–Kier alpha value is -1.02. The van der Waals surface area contributed by atoms with Crippen molar-refractivity contribution in [2.75, 3.05) is 18.4 Å². The van der Waals surface area contributed by atoms with E-state index >= 15 is 0 Å². The summed E-state index contributed by atoms with van der Waals surface area (Å²) in [5.74, 6) is 1.18. The van der Waals surface area contributed by atoms with Crippen LogP contribution in [0.3, 0.4) is 0 Å². The number of hydrogen-bond acceptors (Lipinski definition) is 2. The molecule has 1 atom stereocenters. The zero-order valence-electron chi connectivity index (χ0n) is 12.1. The molecule has 2 heteroatoms. The molecule has 0 heterocycles. The second-order valence-electron chi connectivity index (χ2n) is 5.42. The highest BCUT2D eigenvalue weighted by atomic mass is 14.9. The average molecular weight is 248 g/mol. The molecule has 0 saturated carbocycles. The molecule has 0 aromatic heterocycles. The van der Waals surface area contributed by atoms with E-state index in [0.29, 0.717) is 11.8 Å². The summed E-state index contributed by atoms with van der Waals surface area (Å²) in [5, 5.41) is 3.48. The van der Waals surface area contributed by atoms with Gasteiger partial charge in [0.2, 0.25) is 0 Å². The third-order valence-electron chi connectivity index (χ3n) is 3.59. The zero-order valence-corrected chi connectivity index (χ0v) is 12.1. The largest absolute Gasteiger partial charge is 0.385 e. The molecule has 0 fully saturated rings. The lowest BCUT2D eigenvalue weighted by atomic mass is 9.96. The highest BCUT2D eigenvalue weighted by Gasteiger charge is 2.10.